The predicted molar refractivity (Wildman–Crippen MR) is 136 cm³/mol. The van der Waals surface area contributed by atoms with E-state index in [-0.39, 0.29) is 11.9 Å². The molecule has 1 amide bonds. The monoisotopic (exact) mass is 475 g/mol. The van der Waals surface area contributed by atoms with Crippen molar-refractivity contribution in [3.8, 4) is 0 Å². The molecule has 1 aromatic heterocycles. The lowest BCUT2D eigenvalue weighted by molar-refractivity contribution is -0.119. The molecule has 1 unspecified atom stereocenters. The first kappa shape index (κ1) is 23.1. The predicted octanol–water partition coefficient (Wildman–Crippen LogP) is 4.60. The number of nitrogens with zero attached hydrogens (tertiary/aromatic N) is 4. The molecule has 0 bridgehead atoms. The quantitative estimate of drug-likeness (QED) is 0.483. The molecular weight excluding hydrogens is 442 g/mol. The second-order valence-electron chi connectivity index (χ2n) is 9.31. The van der Waals surface area contributed by atoms with Crippen LogP contribution < -0.4 is 5.32 Å². The standard InChI is InChI=1S/C27H33N5OS/c33-26(28-24-15-9-13-22-12-5-6-14-23(22)24)20-34-27-30-29-25(19-31-16-7-2-8-17-31)32(27)18-21-10-3-1-4-11-21/h1,3-6,10-12,14,24H,2,7-9,13,15-20H2,(H,28,33). The Morgan fingerprint density at radius 2 is 1.74 bits per heavy atom. The van der Waals surface area contributed by atoms with Crippen molar-refractivity contribution < 1.29 is 4.79 Å². The molecule has 2 aromatic carbocycles. The number of carbonyl (C=O) groups excluding carboxylic acids is 1. The zero-order valence-corrected chi connectivity index (χ0v) is 20.5. The van der Waals surface area contributed by atoms with Crippen LogP contribution in [0, 0.1) is 0 Å². The highest BCUT2D eigenvalue weighted by molar-refractivity contribution is 7.99. The minimum absolute atomic E-state index is 0.0542. The lowest BCUT2D eigenvalue weighted by atomic mass is 9.88. The molecule has 0 saturated carbocycles. The molecule has 0 radical (unpaired) electrons. The van der Waals surface area contributed by atoms with Crippen molar-refractivity contribution >= 4 is 17.7 Å². The van der Waals surface area contributed by atoms with Gasteiger partial charge in [0.1, 0.15) is 5.82 Å². The summed E-state index contributed by atoms with van der Waals surface area (Å²) in [7, 11) is 0. The van der Waals surface area contributed by atoms with Gasteiger partial charge in [0.2, 0.25) is 5.91 Å². The minimum Gasteiger partial charge on any atom is -0.349 e. The zero-order valence-electron chi connectivity index (χ0n) is 19.7. The van der Waals surface area contributed by atoms with E-state index in [0.29, 0.717) is 5.75 Å². The molecule has 1 atom stereocenters. The van der Waals surface area contributed by atoms with Crippen molar-refractivity contribution in [1.29, 1.82) is 0 Å². The zero-order chi connectivity index (χ0) is 23.2. The SMILES string of the molecule is O=C(CSc1nnc(CN2CCCCC2)n1Cc1ccccc1)NC1CCCc2ccccc21. The van der Waals surface area contributed by atoms with Crippen molar-refractivity contribution in [2.24, 2.45) is 0 Å². The van der Waals surface area contributed by atoms with Crippen LogP contribution in [0.1, 0.15) is 60.7 Å². The third-order valence-electron chi connectivity index (χ3n) is 6.83. The average Bonchev–Trinajstić information content (AvgIpc) is 3.25. The van der Waals surface area contributed by atoms with Gasteiger partial charge in [-0.25, -0.2) is 0 Å². The lowest BCUT2D eigenvalue weighted by Crippen LogP contribution is -2.32. The fourth-order valence-corrected chi connectivity index (χ4v) is 5.82. The summed E-state index contributed by atoms with van der Waals surface area (Å²) in [6.07, 6.45) is 7.02. The Morgan fingerprint density at radius 1 is 0.941 bits per heavy atom. The van der Waals surface area contributed by atoms with E-state index in [0.717, 1.165) is 56.4 Å². The number of benzene rings is 2. The topological polar surface area (TPSA) is 63.1 Å². The molecule has 1 fully saturated rings. The smallest absolute Gasteiger partial charge is 0.230 e. The number of aromatic nitrogens is 3. The highest BCUT2D eigenvalue weighted by Gasteiger charge is 2.23. The van der Waals surface area contributed by atoms with E-state index in [1.54, 1.807) is 0 Å². The Balaban J connectivity index is 1.26. The number of hydrogen-bond acceptors (Lipinski definition) is 5. The van der Waals surface area contributed by atoms with E-state index in [1.165, 1.54) is 47.7 Å². The van der Waals surface area contributed by atoms with Crippen LogP contribution in [0.25, 0.3) is 0 Å². The van der Waals surface area contributed by atoms with Crippen molar-refractivity contribution in [2.75, 3.05) is 18.8 Å². The van der Waals surface area contributed by atoms with Gasteiger partial charge in [-0.1, -0.05) is 72.8 Å². The molecule has 1 saturated heterocycles. The maximum Gasteiger partial charge on any atom is 0.230 e. The number of rotatable bonds is 8. The Morgan fingerprint density at radius 3 is 2.59 bits per heavy atom. The molecule has 0 spiro atoms. The van der Waals surface area contributed by atoms with E-state index < -0.39 is 0 Å². The molecule has 2 aliphatic rings. The van der Waals surface area contributed by atoms with Crippen LogP contribution >= 0.6 is 11.8 Å². The van der Waals surface area contributed by atoms with Crippen LogP contribution in [0.5, 0.6) is 0 Å². The number of amides is 1. The number of carbonyl (C=O) groups is 1. The molecule has 1 aliphatic carbocycles. The van der Waals surface area contributed by atoms with Crippen molar-refractivity contribution in [1.82, 2.24) is 25.0 Å². The summed E-state index contributed by atoms with van der Waals surface area (Å²) in [5.41, 5.74) is 3.84. The summed E-state index contributed by atoms with van der Waals surface area (Å²) in [6, 6.07) is 19.0. The van der Waals surface area contributed by atoms with Gasteiger partial charge in [0, 0.05) is 0 Å². The van der Waals surface area contributed by atoms with Crippen LogP contribution in [-0.2, 0) is 24.3 Å². The molecule has 1 N–H and O–H groups in total. The molecular formula is C27H33N5OS. The van der Waals surface area contributed by atoms with Gasteiger partial charge in [0.05, 0.1) is 24.9 Å². The number of likely N-dealkylation sites (tertiary alicyclic amines) is 1. The van der Waals surface area contributed by atoms with Gasteiger partial charge in [-0.05, 0) is 61.9 Å². The summed E-state index contributed by atoms with van der Waals surface area (Å²) in [6.45, 7) is 3.76. The van der Waals surface area contributed by atoms with E-state index in [1.807, 2.05) is 6.07 Å². The Bertz CT molecular complexity index is 1090. The highest BCUT2D eigenvalue weighted by atomic mass is 32.2. The Hall–Kier alpha value is -2.64. The normalized spacial score (nSPS) is 18.4. The Labute approximate surface area is 206 Å². The second-order valence-corrected chi connectivity index (χ2v) is 10.2. The van der Waals surface area contributed by atoms with Gasteiger partial charge >= 0.3 is 0 Å². The van der Waals surface area contributed by atoms with E-state index in [9.17, 15) is 4.79 Å². The van der Waals surface area contributed by atoms with Crippen molar-refractivity contribution in [3.63, 3.8) is 0 Å². The maximum absolute atomic E-state index is 12.9. The largest absolute Gasteiger partial charge is 0.349 e. The van der Waals surface area contributed by atoms with Gasteiger partial charge in [-0.3, -0.25) is 9.69 Å². The fraction of sp³-hybridized carbons (Fsp3) is 0.444. The lowest BCUT2D eigenvalue weighted by Gasteiger charge is -2.26. The molecule has 2 heterocycles. The number of piperidine rings is 1. The minimum atomic E-state index is 0.0542. The number of fused-ring (bicyclic) bond motifs is 1. The van der Waals surface area contributed by atoms with Crippen molar-refractivity contribution in [2.45, 2.75) is 62.8 Å². The van der Waals surface area contributed by atoms with Gasteiger partial charge in [-0.2, -0.15) is 0 Å². The van der Waals surface area contributed by atoms with E-state index in [4.69, 9.17) is 0 Å². The second kappa shape index (κ2) is 11.2. The highest BCUT2D eigenvalue weighted by Crippen LogP contribution is 2.29. The fourth-order valence-electron chi connectivity index (χ4n) is 5.05. The third kappa shape index (κ3) is 5.70. The number of thioether (sulfide) groups is 1. The van der Waals surface area contributed by atoms with Gasteiger partial charge < -0.3 is 9.88 Å². The number of aryl methyl sites for hydroxylation is 1. The molecule has 34 heavy (non-hydrogen) atoms. The molecule has 178 valence electrons. The van der Waals surface area contributed by atoms with E-state index >= 15 is 0 Å². The van der Waals surface area contributed by atoms with E-state index in [2.05, 4.69) is 73.5 Å². The summed E-state index contributed by atoms with van der Waals surface area (Å²) in [5, 5.41) is 13.1. The first-order valence-electron chi connectivity index (χ1n) is 12.4. The third-order valence-corrected chi connectivity index (χ3v) is 7.79. The number of hydrogen-bond donors (Lipinski definition) is 1. The van der Waals surface area contributed by atoms with Gasteiger partial charge in [-0.15, -0.1) is 10.2 Å². The average molecular weight is 476 g/mol. The first-order chi connectivity index (χ1) is 16.8. The van der Waals surface area contributed by atoms with Gasteiger partial charge in [0.25, 0.3) is 0 Å². The maximum atomic E-state index is 12.9. The van der Waals surface area contributed by atoms with Crippen LogP contribution in [0.4, 0.5) is 0 Å². The summed E-state index contributed by atoms with van der Waals surface area (Å²) in [4.78, 5) is 15.4. The van der Waals surface area contributed by atoms with Crippen LogP contribution in [0.3, 0.4) is 0 Å². The molecule has 7 heteroatoms. The number of nitrogens with one attached hydrogen (secondary N) is 1. The summed E-state index contributed by atoms with van der Waals surface area (Å²) >= 11 is 1.49. The summed E-state index contributed by atoms with van der Waals surface area (Å²) < 4.78 is 2.19. The Kier molecular flexibility index (Phi) is 7.61. The van der Waals surface area contributed by atoms with Crippen LogP contribution in [-0.4, -0.2) is 44.4 Å². The van der Waals surface area contributed by atoms with Crippen molar-refractivity contribution in [3.05, 3.63) is 77.1 Å². The van der Waals surface area contributed by atoms with Gasteiger partial charge in [0.15, 0.2) is 5.16 Å². The molecule has 3 aromatic rings. The molecule has 6 nitrogen and oxygen atoms in total. The summed E-state index contributed by atoms with van der Waals surface area (Å²) in [5.74, 6) is 1.38. The molecule has 1 aliphatic heterocycles. The van der Waals surface area contributed by atoms with Crippen LogP contribution in [0.2, 0.25) is 0 Å². The molecule has 5 rings (SSSR count). The van der Waals surface area contributed by atoms with Crippen LogP contribution in [0.15, 0.2) is 59.8 Å². The first-order valence-corrected chi connectivity index (χ1v) is 13.4.